The van der Waals surface area contributed by atoms with Gasteiger partial charge in [-0.05, 0) is 23.8 Å². The van der Waals surface area contributed by atoms with Crippen LogP contribution in [0.4, 0.5) is 0 Å². The number of esters is 1. The van der Waals surface area contributed by atoms with Crippen molar-refractivity contribution in [1.29, 1.82) is 0 Å². The molecule has 5 rings (SSSR count). The molecule has 1 aromatic carbocycles. The number of nitrogens with zero attached hydrogens (tertiary/aromatic N) is 3. The minimum absolute atomic E-state index is 0.0458. The zero-order valence-corrected chi connectivity index (χ0v) is 14.6. The highest BCUT2D eigenvalue weighted by Gasteiger charge is 2.28. The van der Waals surface area contributed by atoms with Crippen molar-refractivity contribution in [3.05, 3.63) is 71.2 Å². The van der Waals surface area contributed by atoms with Crippen molar-refractivity contribution in [2.75, 3.05) is 7.11 Å². The molecule has 0 radical (unpaired) electrons. The van der Waals surface area contributed by atoms with E-state index in [1.165, 1.54) is 7.11 Å². The zero-order valence-electron chi connectivity index (χ0n) is 14.6. The van der Waals surface area contributed by atoms with Crippen LogP contribution in [0.2, 0.25) is 0 Å². The average Bonchev–Trinajstić information content (AvgIpc) is 3.29. The lowest BCUT2D eigenvalue weighted by Crippen LogP contribution is -2.33. The van der Waals surface area contributed by atoms with Crippen LogP contribution in [-0.4, -0.2) is 38.5 Å². The van der Waals surface area contributed by atoms with Crippen LogP contribution < -0.4 is 0 Å². The highest BCUT2D eigenvalue weighted by molar-refractivity contribution is 6.04. The van der Waals surface area contributed by atoms with E-state index in [0.29, 0.717) is 24.2 Å². The van der Waals surface area contributed by atoms with E-state index in [-0.39, 0.29) is 11.9 Å². The number of aromatic nitrogens is 3. The Bertz CT molecular complexity index is 1220. The van der Waals surface area contributed by atoms with Crippen LogP contribution in [0.15, 0.2) is 48.8 Å². The van der Waals surface area contributed by atoms with E-state index in [1.54, 1.807) is 21.7 Å². The summed E-state index contributed by atoms with van der Waals surface area (Å²) in [7, 11) is 1.36. The number of para-hydroxylation sites is 1. The maximum absolute atomic E-state index is 12.9. The van der Waals surface area contributed by atoms with Crippen LogP contribution in [-0.2, 0) is 17.8 Å². The Kier molecular flexibility index (Phi) is 3.30. The van der Waals surface area contributed by atoms with Crippen molar-refractivity contribution in [3.63, 3.8) is 0 Å². The number of aromatic amines is 1. The number of nitrogens with one attached hydrogen (secondary N) is 1. The molecule has 1 N–H and O–H groups in total. The Balaban J connectivity index is 1.51. The molecule has 27 heavy (non-hydrogen) atoms. The van der Waals surface area contributed by atoms with Gasteiger partial charge in [0.25, 0.3) is 5.91 Å². The number of carbonyl (C=O) groups is 2. The summed E-state index contributed by atoms with van der Waals surface area (Å²) < 4.78 is 6.59. The molecule has 0 atom stereocenters. The maximum atomic E-state index is 12.9. The van der Waals surface area contributed by atoms with Gasteiger partial charge in [0.05, 0.1) is 42.0 Å². The van der Waals surface area contributed by atoms with Crippen LogP contribution in [0, 0.1) is 0 Å². The fraction of sp³-hybridized carbons (Fsp3) is 0.150. The van der Waals surface area contributed by atoms with Gasteiger partial charge < -0.3 is 14.6 Å². The molecule has 0 bridgehead atoms. The molecule has 0 unspecified atom stereocenters. The fourth-order valence-electron chi connectivity index (χ4n) is 3.76. The van der Waals surface area contributed by atoms with Crippen molar-refractivity contribution in [2.24, 2.45) is 0 Å². The number of carbonyl (C=O) groups excluding carboxylic acids is 2. The van der Waals surface area contributed by atoms with Crippen LogP contribution in [0.5, 0.6) is 0 Å². The van der Waals surface area contributed by atoms with Gasteiger partial charge in [0.2, 0.25) is 0 Å². The number of benzene rings is 1. The van der Waals surface area contributed by atoms with E-state index in [4.69, 9.17) is 4.74 Å². The van der Waals surface area contributed by atoms with E-state index in [9.17, 15) is 9.59 Å². The lowest BCUT2D eigenvalue weighted by atomic mass is 10.1. The highest BCUT2D eigenvalue weighted by Crippen LogP contribution is 2.27. The Morgan fingerprint density at radius 1 is 1.30 bits per heavy atom. The van der Waals surface area contributed by atoms with Gasteiger partial charge >= 0.3 is 5.97 Å². The number of fused-ring (bicyclic) bond motifs is 1. The summed E-state index contributed by atoms with van der Waals surface area (Å²) in [6, 6.07) is 11.4. The Labute approximate surface area is 154 Å². The molecule has 7 heteroatoms. The second-order valence-electron chi connectivity index (χ2n) is 6.60. The number of methoxy groups -OCH3 is 1. The van der Waals surface area contributed by atoms with Gasteiger partial charge in [0.1, 0.15) is 0 Å². The number of pyridine rings is 1. The normalized spacial score (nSPS) is 13.5. The minimum atomic E-state index is -0.390. The third kappa shape index (κ3) is 2.32. The van der Waals surface area contributed by atoms with Crippen molar-refractivity contribution >= 4 is 28.3 Å². The standard InChI is InChI=1S/C20H16N4O3/c1-27-20(26)15-6-2-4-12-8-14(22-17(12)15)11-23-10-13-5-3-7-24-18(13)16(9-21-24)19(23)25/h2-9,22H,10-11H2,1H3. The zero-order chi connectivity index (χ0) is 18.5. The number of hydrogen-bond acceptors (Lipinski definition) is 4. The second kappa shape index (κ2) is 5.70. The predicted octanol–water partition coefficient (Wildman–Crippen LogP) is 2.76. The SMILES string of the molecule is COC(=O)c1cccc2cc(CN3Cc4cccn5ncc(c45)C3=O)[nH]c12. The molecule has 134 valence electrons. The summed E-state index contributed by atoms with van der Waals surface area (Å²) in [6.07, 6.45) is 3.46. The van der Waals surface area contributed by atoms with Crippen molar-refractivity contribution in [2.45, 2.75) is 13.1 Å². The molecule has 0 spiro atoms. The highest BCUT2D eigenvalue weighted by atomic mass is 16.5. The summed E-state index contributed by atoms with van der Waals surface area (Å²) in [4.78, 5) is 29.9. The lowest BCUT2D eigenvalue weighted by Gasteiger charge is -2.26. The molecule has 1 aliphatic heterocycles. The molecule has 1 aliphatic rings. The molecule has 0 fully saturated rings. The van der Waals surface area contributed by atoms with Crippen LogP contribution >= 0.6 is 0 Å². The topological polar surface area (TPSA) is 79.7 Å². The van der Waals surface area contributed by atoms with Crippen molar-refractivity contribution < 1.29 is 14.3 Å². The first kappa shape index (κ1) is 15.6. The summed E-state index contributed by atoms with van der Waals surface area (Å²) >= 11 is 0. The number of ether oxygens (including phenoxy) is 1. The Hall–Kier alpha value is -3.61. The third-order valence-corrected chi connectivity index (χ3v) is 4.98. The first-order valence-corrected chi connectivity index (χ1v) is 8.59. The number of rotatable bonds is 3. The van der Waals surface area contributed by atoms with E-state index in [0.717, 1.165) is 27.7 Å². The minimum Gasteiger partial charge on any atom is -0.465 e. The van der Waals surface area contributed by atoms with E-state index < -0.39 is 0 Å². The average molecular weight is 360 g/mol. The van der Waals surface area contributed by atoms with Gasteiger partial charge in [-0.3, -0.25) is 4.79 Å². The molecule has 0 saturated carbocycles. The van der Waals surface area contributed by atoms with Crippen LogP contribution in [0.1, 0.15) is 32.0 Å². The molecular formula is C20H16N4O3. The van der Waals surface area contributed by atoms with E-state index in [1.807, 2.05) is 36.5 Å². The molecule has 4 aromatic rings. The quantitative estimate of drug-likeness (QED) is 0.570. The first-order valence-electron chi connectivity index (χ1n) is 8.59. The van der Waals surface area contributed by atoms with Gasteiger partial charge in [-0.25, -0.2) is 9.31 Å². The molecule has 7 nitrogen and oxygen atoms in total. The fourth-order valence-corrected chi connectivity index (χ4v) is 3.76. The maximum Gasteiger partial charge on any atom is 0.339 e. The van der Waals surface area contributed by atoms with Crippen LogP contribution in [0.3, 0.4) is 0 Å². The monoisotopic (exact) mass is 360 g/mol. The molecule has 0 saturated heterocycles. The van der Waals surface area contributed by atoms with Gasteiger partial charge in [-0.1, -0.05) is 18.2 Å². The molecule has 4 heterocycles. The number of hydrogen-bond donors (Lipinski definition) is 1. The van der Waals surface area contributed by atoms with Gasteiger partial charge in [0, 0.05) is 23.8 Å². The van der Waals surface area contributed by atoms with E-state index in [2.05, 4.69) is 10.1 Å². The summed E-state index contributed by atoms with van der Waals surface area (Å²) in [5.74, 6) is -0.435. The molecular weight excluding hydrogens is 344 g/mol. The molecule has 3 aromatic heterocycles. The number of H-pyrrole nitrogens is 1. The van der Waals surface area contributed by atoms with Gasteiger partial charge in [0.15, 0.2) is 0 Å². The summed E-state index contributed by atoms with van der Waals surface area (Å²) in [5, 5.41) is 5.18. The Morgan fingerprint density at radius 3 is 3.04 bits per heavy atom. The second-order valence-corrected chi connectivity index (χ2v) is 6.60. The third-order valence-electron chi connectivity index (χ3n) is 4.98. The summed E-state index contributed by atoms with van der Waals surface area (Å²) in [5.41, 5.74) is 4.62. The van der Waals surface area contributed by atoms with E-state index >= 15 is 0 Å². The van der Waals surface area contributed by atoms with Crippen molar-refractivity contribution in [3.8, 4) is 0 Å². The van der Waals surface area contributed by atoms with Gasteiger partial charge in [-0.2, -0.15) is 5.10 Å². The van der Waals surface area contributed by atoms with Gasteiger partial charge in [-0.15, -0.1) is 0 Å². The number of amides is 1. The lowest BCUT2D eigenvalue weighted by molar-refractivity contribution is 0.0602. The first-order chi connectivity index (χ1) is 13.2. The Morgan fingerprint density at radius 2 is 2.19 bits per heavy atom. The molecule has 1 amide bonds. The predicted molar refractivity (Wildman–Crippen MR) is 98.4 cm³/mol. The van der Waals surface area contributed by atoms with Crippen molar-refractivity contribution in [1.82, 2.24) is 19.5 Å². The smallest absolute Gasteiger partial charge is 0.339 e. The van der Waals surface area contributed by atoms with Crippen LogP contribution in [0.25, 0.3) is 16.4 Å². The largest absolute Gasteiger partial charge is 0.465 e. The molecule has 0 aliphatic carbocycles. The summed E-state index contributed by atoms with van der Waals surface area (Å²) in [6.45, 7) is 0.931.